The Hall–Kier alpha value is -1.82. The van der Waals surface area contributed by atoms with Crippen molar-refractivity contribution in [2.24, 2.45) is 0 Å². The van der Waals surface area contributed by atoms with Gasteiger partial charge in [0.2, 0.25) is 5.75 Å². The van der Waals surface area contributed by atoms with E-state index in [1.54, 1.807) is 11.6 Å². The van der Waals surface area contributed by atoms with Gasteiger partial charge in [-0.15, -0.1) is 11.3 Å². The van der Waals surface area contributed by atoms with E-state index in [2.05, 4.69) is 0 Å². The first-order valence-electron chi connectivity index (χ1n) is 7.14. The third-order valence-corrected chi connectivity index (χ3v) is 3.88. The lowest BCUT2D eigenvalue weighted by atomic mass is 9.87. The van der Waals surface area contributed by atoms with Gasteiger partial charge in [-0.2, -0.15) is 0 Å². The fraction of sp³-hybridized carbons (Fsp3) is 0.500. The Balaban J connectivity index is 2.92. The van der Waals surface area contributed by atoms with Crippen LogP contribution in [0.25, 0.3) is 4.83 Å². The van der Waals surface area contributed by atoms with Crippen LogP contribution in [-0.4, -0.2) is 16.5 Å². The summed E-state index contributed by atoms with van der Waals surface area (Å²) in [7, 11) is 0. The molecule has 0 spiro atoms. The molecule has 2 aromatic rings. The molecule has 0 amide bonds. The quantitative estimate of drug-likeness (QED) is 0.813. The van der Waals surface area contributed by atoms with E-state index in [4.69, 9.17) is 9.47 Å². The van der Waals surface area contributed by atoms with Crippen molar-refractivity contribution < 1.29 is 14.3 Å². The second-order valence-corrected chi connectivity index (χ2v) is 7.32. The zero-order valence-electron chi connectivity index (χ0n) is 13.7. The van der Waals surface area contributed by atoms with Gasteiger partial charge in [-0.05, 0) is 19.3 Å². The Morgan fingerprint density at radius 1 is 1.27 bits per heavy atom. The summed E-state index contributed by atoms with van der Waals surface area (Å²) in [6, 6.07) is 0. The fourth-order valence-electron chi connectivity index (χ4n) is 2.27. The monoisotopic (exact) mass is 323 g/mol. The van der Waals surface area contributed by atoms with Gasteiger partial charge in [0.15, 0.2) is 5.75 Å². The summed E-state index contributed by atoms with van der Waals surface area (Å²) < 4.78 is 12.8. The zero-order chi connectivity index (χ0) is 16.7. The molecule has 0 saturated carbocycles. The highest BCUT2D eigenvalue weighted by atomic mass is 32.1. The van der Waals surface area contributed by atoms with E-state index in [-0.39, 0.29) is 11.7 Å². The normalized spacial score (nSPS) is 12.0. The Kier molecular flexibility index (Phi) is 4.33. The highest BCUT2D eigenvalue weighted by Gasteiger charge is 2.30. The lowest BCUT2D eigenvalue weighted by Gasteiger charge is -2.25. The van der Waals surface area contributed by atoms with Gasteiger partial charge in [0.25, 0.3) is 5.56 Å². The van der Waals surface area contributed by atoms with Crippen LogP contribution in [0.4, 0.5) is 0 Å². The maximum Gasteiger partial charge on any atom is 0.308 e. The summed E-state index contributed by atoms with van der Waals surface area (Å²) in [5, 5.41) is 1.79. The Labute approximate surface area is 133 Å². The summed E-state index contributed by atoms with van der Waals surface area (Å²) in [6.07, 6.45) is 1.54. The lowest BCUT2D eigenvalue weighted by Crippen LogP contribution is -2.29. The van der Waals surface area contributed by atoms with Gasteiger partial charge in [0.05, 0.1) is 11.7 Å². The number of pyridine rings is 1. The van der Waals surface area contributed by atoms with E-state index in [1.165, 1.54) is 22.7 Å². The predicted octanol–water partition coefficient (Wildman–Crippen LogP) is 3.37. The largest absolute Gasteiger partial charge is 0.486 e. The van der Waals surface area contributed by atoms with Crippen LogP contribution in [0.15, 0.2) is 16.4 Å². The molecule has 2 rings (SSSR count). The number of esters is 1. The molecule has 2 aromatic heterocycles. The number of thiazole rings is 1. The Bertz CT molecular complexity index is 765. The summed E-state index contributed by atoms with van der Waals surface area (Å²) in [5.74, 6) is 0.244. The molecule has 5 nitrogen and oxygen atoms in total. The minimum atomic E-state index is -0.445. The van der Waals surface area contributed by atoms with E-state index >= 15 is 0 Å². The van der Waals surface area contributed by atoms with Crippen LogP contribution in [-0.2, 0) is 10.2 Å². The van der Waals surface area contributed by atoms with Gasteiger partial charge in [-0.25, -0.2) is 0 Å². The number of ether oxygens (including phenoxy) is 2. The van der Waals surface area contributed by atoms with Crippen molar-refractivity contribution in [3.05, 3.63) is 27.5 Å². The molecule has 0 saturated heterocycles. The smallest absolute Gasteiger partial charge is 0.308 e. The predicted molar refractivity (Wildman–Crippen MR) is 87.3 cm³/mol. The number of fused-ring (bicyclic) bond motifs is 1. The van der Waals surface area contributed by atoms with Crippen molar-refractivity contribution in [1.82, 2.24) is 4.40 Å². The zero-order valence-corrected chi connectivity index (χ0v) is 14.5. The van der Waals surface area contributed by atoms with Gasteiger partial charge >= 0.3 is 5.97 Å². The van der Waals surface area contributed by atoms with Crippen LogP contribution in [0.3, 0.4) is 0 Å². The highest BCUT2D eigenvalue weighted by molar-refractivity contribution is 7.16. The number of hydrogen-bond acceptors (Lipinski definition) is 5. The molecule has 6 heteroatoms. The van der Waals surface area contributed by atoms with Crippen LogP contribution in [0.1, 0.15) is 47.1 Å². The van der Waals surface area contributed by atoms with Crippen molar-refractivity contribution in [1.29, 1.82) is 0 Å². The van der Waals surface area contributed by atoms with Crippen molar-refractivity contribution in [3.63, 3.8) is 0 Å². The average Bonchev–Trinajstić information content (AvgIpc) is 2.80. The summed E-state index contributed by atoms with van der Waals surface area (Å²) in [6.45, 7) is 10.9. The van der Waals surface area contributed by atoms with Crippen LogP contribution in [0.2, 0.25) is 0 Å². The maximum absolute atomic E-state index is 12.8. The molecular formula is C16H21NO4S. The van der Waals surface area contributed by atoms with Gasteiger partial charge < -0.3 is 9.47 Å². The molecule has 120 valence electrons. The van der Waals surface area contributed by atoms with E-state index in [0.29, 0.717) is 21.9 Å². The topological polar surface area (TPSA) is 57.0 Å². The van der Waals surface area contributed by atoms with E-state index in [9.17, 15) is 9.59 Å². The van der Waals surface area contributed by atoms with Gasteiger partial charge in [-0.1, -0.05) is 20.8 Å². The van der Waals surface area contributed by atoms with Crippen molar-refractivity contribution >= 4 is 22.1 Å². The number of hydrogen-bond donors (Lipinski definition) is 0. The molecule has 22 heavy (non-hydrogen) atoms. The molecule has 0 N–H and O–H groups in total. The summed E-state index contributed by atoms with van der Waals surface area (Å²) >= 11 is 1.34. The molecular weight excluding hydrogens is 302 g/mol. The number of aromatic nitrogens is 1. The third kappa shape index (κ3) is 3.02. The Morgan fingerprint density at radius 2 is 1.91 bits per heavy atom. The van der Waals surface area contributed by atoms with Crippen LogP contribution < -0.4 is 15.0 Å². The minimum absolute atomic E-state index is 0.141. The second kappa shape index (κ2) is 5.76. The molecule has 0 aromatic carbocycles. The van der Waals surface area contributed by atoms with Gasteiger partial charge in [-0.3, -0.25) is 14.0 Å². The lowest BCUT2D eigenvalue weighted by molar-refractivity contribution is -0.131. The fourth-order valence-corrected chi connectivity index (χ4v) is 3.08. The van der Waals surface area contributed by atoms with E-state index in [0.717, 1.165) is 0 Å². The van der Waals surface area contributed by atoms with Gasteiger partial charge in [0, 0.05) is 18.5 Å². The molecule has 0 unspecified atom stereocenters. The summed E-state index contributed by atoms with van der Waals surface area (Å²) in [5.41, 5.74) is -0.0806. The van der Waals surface area contributed by atoms with Crippen molar-refractivity contribution in [3.8, 4) is 11.5 Å². The first kappa shape index (κ1) is 16.5. The molecule has 0 bridgehead atoms. The number of carbonyl (C=O) groups excluding carboxylic acids is 1. The summed E-state index contributed by atoms with van der Waals surface area (Å²) in [4.78, 5) is 24.9. The number of nitrogens with zero attached hydrogens (tertiary/aromatic N) is 1. The second-order valence-electron chi connectivity index (χ2n) is 6.43. The number of carbonyl (C=O) groups is 1. The average molecular weight is 323 g/mol. The maximum atomic E-state index is 12.8. The molecule has 2 heterocycles. The molecule has 0 aliphatic carbocycles. The molecule has 0 aliphatic heterocycles. The van der Waals surface area contributed by atoms with Crippen molar-refractivity contribution in [2.75, 3.05) is 0 Å². The Morgan fingerprint density at radius 3 is 2.41 bits per heavy atom. The molecule has 0 fully saturated rings. The first-order chi connectivity index (χ1) is 10.1. The van der Waals surface area contributed by atoms with E-state index in [1.807, 2.05) is 34.6 Å². The third-order valence-electron chi connectivity index (χ3n) is 3.02. The SMILES string of the molecule is CC(=O)Oc1c(OC(C)C)c(C(C)(C)C)c(=O)n2ccsc12. The van der Waals surface area contributed by atoms with Crippen LogP contribution in [0, 0.1) is 0 Å². The standard InChI is InChI=1S/C16H21NO4S/c1-9(2)20-12-11(16(4,5)6)14(19)17-7-8-22-15(17)13(12)21-10(3)18/h7-9H,1-6H3. The molecule has 0 aliphatic rings. The minimum Gasteiger partial charge on any atom is -0.486 e. The number of rotatable bonds is 3. The molecule has 0 atom stereocenters. The van der Waals surface area contributed by atoms with Crippen molar-refractivity contribution in [2.45, 2.75) is 53.1 Å². The first-order valence-corrected chi connectivity index (χ1v) is 8.02. The highest BCUT2D eigenvalue weighted by Crippen LogP contribution is 2.41. The van der Waals surface area contributed by atoms with Crippen LogP contribution in [0.5, 0.6) is 11.5 Å². The van der Waals surface area contributed by atoms with Gasteiger partial charge in [0.1, 0.15) is 4.83 Å². The molecule has 0 radical (unpaired) electrons. The van der Waals surface area contributed by atoms with Crippen LogP contribution >= 0.6 is 11.3 Å². The van der Waals surface area contributed by atoms with E-state index < -0.39 is 11.4 Å².